The van der Waals surface area contributed by atoms with Crippen LogP contribution in [0.4, 0.5) is 0 Å². The van der Waals surface area contributed by atoms with Crippen molar-refractivity contribution in [2.24, 2.45) is 7.05 Å². The maximum Gasteiger partial charge on any atom is 0.269 e. The van der Waals surface area contributed by atoms with Gasteiger partial charge in [0.2, 0.25) is 5.69 Å². The van der Waals surface area contributed by atoms with E-state index >= 15 is 0 Å². The number of oxazole rings is 1. The second-order valence-corrected chi connectivity index (χ2v) is 4.73. The predicted octanol–water partition coefficient (Wildman–Crippen LogP) is 2.44. The van der Waals surface area contributed by atoms with Gasteiger partial charge in [-0.2, -0.15) is 4.57 Å². The standard InChI is InChI=1S/C17H15NO2/c1-18-15(12-13-8-4-2-5-9-13)17(19)20-16(18)14-10-6-3-7-11-14/h2-11H,12H2,1H3. The Bertz CT molecular complexity index is 703. The molecule has 0 aliphatic carbocycles. The van der Waals surface area contributed by atoms with Crippen molar-refractivity contribution in [2.45, 2.75) is 6.42 Å². The van der Waals surface area contributed by atoms with Crippen LogP contribution in [0.5, 0.6) is 5.95 Å². The van der Waals surface area contributed by atoms with Gasteiger partial charge >= 0.3 is 0 Å². The van der Waals surface area contributed by atoms with Crippen molar-refractivity contribution in [3.63, 3.8) is 0 Å². The van der Waals surface area contributed by atoms with Crippen molar-refractivity contribution in [1.82, 2.24) is 0 Å². The van der Waals surface area contributed by atoms with Crippen LogP contribution in [0.3, 0.4) is 0 Å². The fourth-order valence-electron chi connectivity index (χ4n) is 2.29. The molecule has 3 heteroatoms. The predicted molar refractivity (Wildman–Crippen MR) is 74.0 cm³/mol. The van der Waals surface area contributed by atoms with Gasteiger partial charge in [-0.3, -0.25) is 0 Å². The molecule has 1 heterocycles. The highest BCUT2D eigenvalue weighted by atomic mass is 16.5. The van der Waals surface area contributed by atoms with Crippen molar-refractivity contribution >= 4 is 0 Å². The lowest BCUT2D eigenvalue weighted by Gasteiger charge is -1.99. The summed E-state index contributed by atoms with van der Waals surface area (Å²) < 4.78 is 7.25. The summed E-state index contributed by atoms with van der Waals surface area (Å²) in [4.78, 5) is 0. The van der Waals surface area contributed by atoms with Crippen LogP contribution in [0.1, 0.15) is 11.3 Å². The minimum atomic E-state index is -0.268. The molecule has 1 aromatic heterocycles. The van der Waals surface area contributed by atoms with Crippen molar-refractivity contribution in [1.29, 1.82) is 0 Å². The highest BCUT2D eigenvalue weighted by Crippen LogP contribution is 2.23. The molecular weight excluding hydrogens is 250 g/mol. The summed E-state index contributed by atoms with van der Waals surface area (Å²) in [6.07, 6.45) is 0.576. The summed E-state index contributed by atoms with van der Waals surface area (Å²) in [5, 5.41) is 12.1. The largest absolute Gasteiger partial charge is 0.540 e. The lowest BCUT2D eigenvalue weighted by atomic mass is 10.1. The third-order valence-corrected chi connectivity index (χ3v) is 3.37. The van der Waals surface area contributed by atoms with Gasteiger partial charge < -0.3 is 9.52 Å². The van der Waals surface area contributed by atoms with Crippen LogP contribution in [0.2, 0.25) is 0 Å². The highest BCUT2D eigenvalue weighted by Gasteiger charge is 2.19. The Balaban J connectivity index is 1.99. The summed E-state index contributed by atoms with van der Waals surface area (Å²) in [5.41, 5.74) is 2.67. The third-order valence-electron chi connectivity index (χ3n) is 3.37. The third kappa shape index (κ3) is 2.30. The molecule has 0 atom stereocenters. The average Bonchev–Trinajstić information content (AvgIpc) is 2.77. The molecule has 3 rings (SSSR count). The zero-order valence-electron chi connectivity index (χ0n) is 11.2. The van der Waals surface area contributed by atoms with Gasteiger partial charge in [0, 0.05) is 0 Å². The van der Waals surface area contributed by atoms with E-state index in [1.54, 1.807) is 0 Å². The normalized spacial score (nSPS) is 10.7. The Kier molecular flexibility index (Phi) is 3.25. The highest BCUT2D eigenvalue weighted by molar-refractivity contribution is 5.50. The van der Waals surface area contributed by atoms with Gasteiger partial charge in [0.05, 0.1) is 12.0 Å². The monoisotopic (exact) mass is 265 g/mol. The van der Waals surface area contributed by atoms with Crippen molar-refractivity contribution < 1.29 is 14.1 Å². The molecule has 20 heavy (non-hydrogen) atoms. The van der Waals surface area contributed by atoms with Crippen molar-refractivity contribution in [3.05, 3.63) is 71.9 Å². The minimum Gasteiger partial charge on any atom is -0.540 e. The number of benzene rings is 2. The Morgan fingerprint density at radius 3 is 2.20 bits per heavy atom. The van der Waals surface area contributed by atoms with E-state index in [1.807, 2.05) is 72.3 Å². The fourth-order valence-corrected chi connectivity index (χ4v) is 2.29. The van der Waals surface area contributed by atoms with Crippen LogP contribution in [0, 0.1) is 0 Å². The number of hydrogen-bond donors (Lipinski definition) is 0. The molecule has 2 aromatic carbocycles. The maximum absolute atomic E-state index is 12.1. The van der Waals surface area contributed by atoms with Crippen LogP contribution >= 0.6 is 0 Å². The summed E-state index contributed by atoms with van der Waals surface area (Å²) in [6, 6.07) is 19.6. The first-order valence-electron chi connectivity index (χ1n) is 6.54. The van der Waals surface area contributed by atoms with Crippen LogP contribution < -0.4 is 9.67 Å². The van der Waals surface area contributed by atoms with Gasteiger partial charge in [-0.05, 0) is 17.7 Å². The van der Waals surface area contributed by atoms with Gasteiger partial charge in [0.1, 0.15) is 13.0 Å². The zero-order chi connectivity index (χ0) is 13.9. The molecule has 0 saturated carbocycles. The van der Waals surface area contributed by atoms with E-state index in [1.165, 1.54) is 0 Å². The van der Waals surface area contributed by atoms with Gasteiger partial charge in [0.25, 0.3) is 5.89 Å². The Hall–Kier alpha value is -2.55. The van der Waals surface area contributed by atoms with Crippen LogP contribution in [-0.2, 0) is 13.5 Å². The first kappa shape index (κ1) is 12.5. The molecule has 0 radical (unpaired) electrons. The van der Waals surface area contributed by atoms with Crippen molar-refractivity contribution in [3.8, 4) is 17.4 Å². The van der Waals surface area contributed by atoms with Gasteiger partial charge in [-0.1, -0.05) is 48.5 Å². The molecule has 0 aliphatic heterocycles. The van der Waals surface area contributed by atoms with E-state index in [-0.39, 0.29) is 5.95 Å². The quantitative estimate of drug-likeness (QED) is 0.682. The van der Waals surface area contributed by atoms with Crippen molar-refractivity contribution in [2.75, 3.05) is 0 Å². The zero-order valence-corrected chi connectivity index (χ0v) is 11.2. The SMILES string of the molecule is C[n+]1c(-c2ccccc2)oc([O-])c1Cc1ccccc1. The Morgan fingerprint density at radius 2 is 1.55 bits per heavy atom. The Labute approximate surface area is 117 Å². The molecule has 0 amide bonds. The van der Waals surface area contributed by atoms with Crippen LogP contribution in [-0.4, -0.2) is 0 Å². The summed E-state index contributed by atoms with van der Waals surface area (Å²) in [7, 11) is 1.87. The first-order chi connectivity index (χ1) is 9.75. The Morgan fingerprint density at radius 1 is 0.950 bits per heavy atom. The molecule has 0 fully saturated rings. The van der Waals surface area contributed by atoms with E-state index in [2.05, 4.69) is 0 Å². The van der Waals surface area contributed by atoms with Gasteiger partial charge in [-0.15, -0.1) is 0 Å². The molecule has 0 N–H and O–H groups in total. The van der Waals surface area contributed by atoms with Gasteiger partial charge in [-0.25, -0.2) is 0 Å². The average molecular weight is 265 g/mol. The molecule has 100 valence electrons. The van der Waals surface area contributed by atoms with Crippen LogP contribution in [0.25, 0.3) is 11.5 Å². The lowest BCUT2D eigenvalue weighted by molar-refractivity contribution is -0.670. The van der Waals surface area contributed by atoms with Crippen LogP contribution in [0.15, 0.2) is 65.1 Å². The van der Waals surface area contributed by atoms with E-state index < -0.39 is 0 Å². The number of aromatic nitrogens is 1. The lowest BCUT2D eigenvalue weighted by Crippen LogP contribution is -2.33. The summed E-state index contributed by atoms with van der Waals surface area (Å²) >= 11 is 0. The van der Waals surface area contributed by atoms with E-state index in [9.17, 15) is 5.11 Å². The van der Waals surface area contributed by atoms with E-state index in [0.29, 0.717) is 18.0 Å². The molecule has 0 aliphatic rings. The minimum absolute atomic E-state index is 0.268. The van der Waals surface area contributed by atoms with E-state index in [0.717, 1.165) is 11.1 Å². The molecule has 3 nitrogen and oxygen atoms in total. The smallest absolute Gasteiger partial charge is 0.269 e. The topological polar surface area (TPSA) is 40.1 Å². The first-order valence-corrected chi connectivity index (χ1v) is 6.54. The summed E-state index contributed by atoms with van der Waals surface area (Å²) in [6.45, 7) is 0. The molecular formula is C17H15NO2. The fraction of sp³-hybridized carbons (Fsp3) is 0.118. The molecule has 0 saturated heterocycles. The number of hydrogen-bond acceptors (Lipinski definition) is 2. The maximum atomic E-state index is 12.1. The second kappa shape index (κ2) is 5.21. The number of rotatable bonds is 3. The molecule has 0 bridgehead atoms. The second-order valence-electron chi connectivity index (χ2n) is 4.73. The summed E-state index contributed by atoms with van der Waals surface area (Å²) in [5.74, 6) is 0.330. The number of nitrogens with zero attached hydrogens (tertiary/aromatic N) is 1. The molecule has 3 aromatic rings. The van der Waals surface area contributed by atoms with E-state index in [4.69, 9.17) is 4.42 Å². The van der Waals surface area contributed by atoms with Gasteiger partial charge in [0.15, 0.2) is 0 Å². The molecule has 0 spiro atoms. The molecule has 0 unspecified atom stereocenters.